The summed E-state index contributed by atoms with van der Waals surface area (Å²) < 4.78 is 22.7. The van der Waals surface area contributed by atoms with Gasteiger partial charge in [-0.05, 0) is 128 Å². The molecule has 0 bridgehead atoms. The van der Waals surface area contributed by atoms with Gasteiger partial charge in [-0.1, -0.05) is 229 Å². The van der Waals surface area contributed by atoms with Crippen LogP contribution in [0.25, 0.3) is 0 Å². The number of aliphatic hydroxyl groups is 8. The van der Waals surface area contributed by atoms with Gasteiger partial charge in [0.25, 0.3) is 0 Å². The molecule has 2 aliphatic rings. The SMILES string of the molecule is CC/C=C\C/C=C\C/C=C\C/C=C\C/C=C\C/C=C\C/C=C\C/C=C\C/C=C\C/C=C\C/C=C\CCCCCC(=O)NC(COC1OC(CO)C(OC2OC(CO)C(O)C(O)C2O)C(O)C1O)C(O)/C=C/CC/C=C/CC/C=C/CCCCCCCCC. The first-order valence-corrected chi connectivity index (χ1v) is 33.4. The molecule has 0 radical (unpaired) electrons. The van der Waals surface area contributed by atoms with E-state index in [0.717, 1.165) is 116 Å². The van der Waals surface area contributed by atoms with Crippen molar-refractivity contribution in [2.24, 2.45) is 0 Å². The molecule has 14 heteroatoms. The molecule has 0 aromatic heterocycles. The number of ether oxygens (including phenoxy) is 4. The van der Waals surface area contributed by atoms with Crippen molar-refractivity contribution < 1.29 is 64.6 Å². The first kappa shape index (κ1) is 79.4. The zero-order valence-corrected chi connectivity index (χ0v) is 53.6. The molecule has 9 N–H and O–H groups in total. The zero-order chi connectivity index (χ0) is 63.8. The Hall–Kier alpha value is -4.65. The van der Waals surface area contributed by atoms with Gasteiger partial charge < -0.3 is 65.1 Å². The molecule has 2 rings (SSSR count). The summed E-state index contributed by atoms with van der Waals surface area (Å²) in [5.74, 6) is -0.293. The van der Waals surface area contributed by atoms with E-state index in [9.17, 15) is 45.6 Å². The van der Waals surface area contributed by atoms with Crippen LogP contribution in [0.4, 0.5) is 0 Å². The molecule has 1 amide bonds. The van der Waals surface area contributed by atoms with Crippen LogP contribution in [0.2, 0.25) is 0 Å². The number of aliphatic hydroxyl groups excluding tert-OH is 8. The molecule has 496 valence electrons. The molecule has 0 aliphatic carbocycles. The molecule has 88 heavy (non-hydrogen) atoms. The molecular formula is C74H117NO13. The summed E-state index contributed by atoms with van der Waals surface area (Å²) in [5, 5.41) is 87.2. The lowest BCUT2D eigenvalue weighted by molar-refractivity contribution is -0.359. The molecule has 12 unspecified atom stereocenters. The van der Waals surface area contributed by atoms with Crippen LogP contribution in [-0.4, -0.2) is 140 Å². The third-order valence-corrected chi connectivity index (χ3v) is 14.9. The average Bonchev–Trinajstić information content (AvgIpc) is 2.07. The molecule has 2 aliphatic heterocycles. The van der Waals surface area contributed by atoms with Crippen LogP contribution in [-0.2, 0) is 23.7 Å². The first-order valence-electron chi connectivity index (χ1n) is 33.4. The van der Waals surface area contributed by atoms with Gasteiger partial charge in [-0.3, -0.25) is 4.79 Å². The van der Waals surface area contributed by atoms with Crippen molar-refractivity contribution >= 4 is 5.91 Å². The van der Waals surface area contributed by atoms with Gasteiger partial charge in [0.1, 0.15) is 48.8 Å². The fraction of sp³-hybridized carbons (Fsp3) is 0.608. The second kappa shape index (κ2) is 56.3. The summed E-state index contributed by atoms with van der Waals surface area (Å²) in [6.45, 7) is 2.60. The average molecular weight is 1230 g/mol. The lowest BCUT2D eigenvalue weighted by Crippen LogP contribution is -2.65. The second-order valence-corrected chi connectivity index (χ2v) is 22.5. The lowest BCUT2D eigenvalue weighted by atomic mass is 9.97. The molecule has 0 aromatic rings. The summed E-state index contributed by atoms with van der Waals surface area (Å²) in [5.41, 5.74) is 0. The maximum atomic E-state index is 13.3. The molecule has 0 spiro atoms. The normalized spacial score (nSPS) is 24.3. The van der Waals surface area contributed by atoms with Gasteiger partial charge in [0.05, 0.1) is 32.0 Å². The van der Waals surface area contributed by atoms with Crippen molar-refractivity contribution in [1.29, 1.82) is 0 Å². The van der Waals surface area contributed by atoms with Crippen LogP contribution in [0, 0.1) is 0 Å². The van der Waals surface area contributed by atoms with Crippen molar-refractivity contribution in [3.05, 3.63) is 170 Å². The Morgan fingerprint density at radius 3 is 1.25 bits per heavy atom. The van der Waals surface area contributed by atoms with E-state index in [0.29, 0.717) is 12.8 Å². The fourth-order valence-corrected chi connectivity index (χ4v) is 9.56. The van der Waals surface area contributed by atoms with Crippen molar-refractivity contribution in [2.45, 2.75) is 267 Å². The van der Waals surface area contributed by atoms with E-state index >= 15 is 0 Å². The van der Waals surface area contributed by atoms with Gasteiger partial charge in [-0.25, -0.2) is 0 Å². The largest absolute Gasteiger partial charge is 0.394 e. The maximum Gasteiger partial charge on any atom is 0.220 e. The number of carbonyl (C=O) groups excluding carboxylic acids is 1. The number of hydrogen-bond acceptors (Lipinski definition) is 13. The second-order valence-electron chi connectivity index (χ2n) is 22.5. The molecule has 0 aromatic carbocycles. The van der Waals surface area contributed by atoms with Crippen molar-refractivity contribution in [2.75, 3.05) is 19.8 Å². The number of rotatable bonds is 51. The van der Waals surface area contributed by atoms with Gasteiger partial charge in [0, 0.05) is 6.42 Å². The third kappa shape index (κ3) is 40.2. The van der Waals surface area contributed by atoms with Crippen molar-refractivity contribution in [3.63, 3.8) is 0 Å². The monoisotopic (exact) mass is 1230 g/mol. The summed E-state index contributed by atoms with van der Waals surface area (Å²) in [7, 11) is 0. The minimum absolute atomic E-state index is 0.218. The first-order chi connectivity index (χ1) is 43.1. The molecule has 2 fully saturated rings. The maximum absolute atomic E-state index is 13.3. The number of unbranched alkanes of at least 4 members (excludes halogenated alkanes) is 12. The van der Waals surface area contributed by atoms with Crippen molar-refractivity contribution in [3.8, 4) is 0 Å². The zero-order valence-electron chi connectivity index (χ0n) is 53.6. The Labute approximate surface area is 530 Å². The topological polar surface area (TPSA) is 228 Å². The highest BCUT2D eigenvalue weighted by molar-refractivity contribution is 5.76. The number of allylic oxidation sites excluding steroid dienone is 27. The third-order valence-electron chi connectivity index (χ3n) is 14.9. The smallest absolute Gasteiger partial charge is 0.220 e. The predicted molar refractivity (Wildman–Crippen MR) is 359 cm³/mol. The van der Waals surface area contributed by atoms with Crippen LogP contribution in [0.3, 0.4) is 0 Å². The van der Waals surface area contributed by atoms with E-state index in [1.54, 1.807) is 6.08 Å². The lowest BCUT2D eigenvalue weighted by Gasteiger charge is -2.46. The summed E-state index contributed by atoms with van der Waals surface area (Å²) in [4.78, 5) is 13.3. The van der Waals surface area contributed by atoms with E-state index < -0.39 is 86.8 Å². The quantitative estimate of drug-likeness (QED) is 0.0204. The Morgan fingerprint density at radius 2 is 0.795 bits per heavy atom. The minimum atomic E-state index is -1.81. The number of hydrogen-bond donors (Lipinski definition) is 9. The van der Waals surface area contributed by atoms with Gasteiger partial charge in [0.2, 0.25) is 5.91 Å². The fourth-order valence-electron chi connectivity index (χ4n) is 9.56. The Kier molecular flexibility index (Phi) is 50.9. The highest BCUT2D eigenvalue weighted by Crippen LogP contribution is 2.30. The molecule has 2 heterocycles. The highest BCUT2D eigenvalue weighted by Gasteiger charge is 2.51. The van der Waals surface area contributed by atoms with Gasteiger partial charge in [-0.2, -0.15) is 0 Å². The van der Waals surface area contributed by atoms with E-state index in [-0.39, 0.29) is 18.9 Å². The summed E-state index contributed by atoms with van der Waals surface area (Å²) >= 11 is 0. The Balaban J connectivity index is 1.72. The number of carbonyl (C=O) groups is 1. The van der Waals surface area contributed by atoms with E-state index in [1.807, 2.05) is 6.08 Å². The molecule has 2 saturated heterocycles. The van der Waals surface area contributed by atoms with Crippen LogP contribution in [0.1, 0.15) is 194 Å². The van der Waals surface area contributed by atoms with Crippen LogP contribution < -0.4 is 5.32 Å². The van der Waals surface area contributed by atoms with Crippen molar-refractivity contribution in [1.82, 2.24) is 5.32 Å². The minimum Gasteiger partial charge on any atom is -0.394 e. The van der Waals surface area contributed by atoms with Gasteiger partial charge in [-0.15, -0.1) is 0 Å². The van der Waals surface area contributed by atoms with Gasteiger partial charge >= 0.3 is 0 Å². The van der Waals surface area contributed by atoms with Gasteiger partial charge in [0.15, 0.2) is 12.6 Å². The van der Waals surface area contributed by atoms with E-state index in [1.165, 1.54) is 44.9 Å². The highest BCUT2D eigenvalue weighted by atomic mass is 16.7. The molecule has 14 nitrogen and oxygen atoms in total. The van der Waals surface area contributed by atoms with E-state index in [4.69, 9.17) is 18.9 Å². The Bertz CT molecular complexity index is 2130. The summed E-state index contributed by atoms with van der Waals surface area (Å²) in [6.07, 6.45) is 71.1. The molecule has 12 atom stereocenters. The molecular weight excluding hydrogens is 1110 g/mol. The number of amides is 1. The van der Waals surface area contributed by atoms with Crippen LogP contribution >= 0.6 is 0 Å². The standard InChI is InChI=1S/C74H117NO13/c1-3-5-7-9-11-13-15-17-19-21-22-23-24-25-26-27-28-29-30-31-32-33-34-35-36-37-38-39-40-42-44-46-48-50-52-54-56-58-66(79)75-62(63(78)57-55-53-51-49-47-45-43-41-20-18-16-14-12-10-8-6-4-2)61-85-73-71(84)69(82)72(65(60-77)87-73)88-74-70(83)68(81)67(80)64(59-76)86-74/h5,7,11,13,17,19-20,22-23,25-26,28-29,31-32,34-35,37-38,40-42,46-49,55,57,62-65,67-74,76-78,80-84H,3-4,6,8-10,12,14-16,18,21,24,27,30,33,36,39,43-45,50-54,56,58-61H2,1-2H3,(H,75,79)/b7-5-,13-11-,19-17-,23-22-,26-25-,29-28-,32-31-,35-34-,38-37-,41-20+,42-40-,48-46-,49-47+,57-55+. The molecule has 0 saturated carbocycles. The number of nitrogens with one attached hydrogen (secondary N) is 1. The summed E-state index contributed by atoms with van der Waals surface area (Å²) in [6, 6.07) is -0.970. The van der Waals surface area contributed by atoms with E-state index in [2.05, 4.69) is 177 Å². The predicted octanol–water partition coefficient (Wildman–Crippen LogP) is 13.2. The Morgan fingerprint density at radius 1 is 0.420 bits per heavy atom. The van der Waals surface area contributed by atoms with Crippen LogP contribution in [0.15, 0.2) is 170 Å². The van der Waals surface area contributed by atoms with Crippen LogP contribution in [0.5, 0.6) is 0 Å².